The lowest BCUT2D eigenvalue weighted by molar-refractivity contribution is 0.563. The van der Waals surface area contributed by atoms with Crippen molar-refractivity contribution < 1.29 is 4.39 Å². The molecule has 0 saturated heterocycles. The van der Waals surface area contributed by atoms with Crippen molar-refractivity contribution in [2.45, 2.75) is 19.9 Å². The van der Waals surface area contributed by atoms with Gasteiger partial charge in [-0.25, -0.2) is 4.39 Å². The summed E-state index contributed by atoms with van der Waals surface area (Å²) in [5.41, 5.74) is 1.60. The quantitative estimate of drug-likeness (QED) is 0.817. The summed E-state index contributed by atoms with van der Waals surface area (Å²) in [4.78, 5) is 1.01. The number of rotatable bonds is 4. The zero-order valence-electron chi connectivity index (χ0n) is 10.6. The van der Waals surface area contributed by atoms with Gasteiger partial charge in [-0.1, -0.05) is 36.2 Å². The first-order valence-electron chi connectivity index (χ1n) is 5.97. The fourth-order valence-corrected chi connectivity index (χ4v) is 3.40. The van der Waals surface area contributed by atoms with Crippen molar-refractivity contribution in [3.63, 3.8) is 0 Å². The maximum Gasteiger partial charge on any atom is 0.129 e. The Balaban J connectivity index is 2.44. The Bertz CT molecular complexity index is 563. The fraction of sp³-hybridized carbons (Fsp3) is 0.286. The number of thiophene rings is 1. The Labute approximate surface area is 126 Å². The van der Waals surface area contributed by atoms with Gasteiger partial charge in [0.15, 0.2) is 0 Å². The van der Waals surface area contributed by atoms with Gasteiger partial charge in [0.1, 0.15) is 5.82 Å². The molecule has 0 amide bonds. The maximum atomic E-state index is 14.1. The molecule has 1 aromatic heterocycles. The van der Waals surface area contributed by atoms with E-state index in [-0.39, 0.29) is 11.9 Å². The van der Waals surface area contributed by atoms with Gasteiger partial charge in [-0.2, -0.15) is 0 Å². The predicted octanol–water partition coefficient (Wildman–Crippen LogP) is 5.20. The van der Waals surface area contributed by atoms with Crippen LogP contribution >= 0.6 is 34.5 Å². The summed E-state index contributed by atoms with van der Waals surface area (Å²) in [6, 6.07) is 6.55. The van der Waals surface area contributed by atoms with Crippen LogP contribution in [-0.2, 0) is 0 Å². The smallest absolute Gasteiger partial charge is 0.129 e. The van der Waals surface area contributed by atoms with Crippen molar-refractivity contribution in [3.05, 3.63) is 55.4 Å². The first-order chi connectivity index (χ1) is 9.02. The molecule has 2 rings (SSSR count). The van der Waals surface area contributed by atoms with Gasteiger partial charge in [-0.3, -0.25) is 0 Å². The third-order valence-electron chi connectivity index (χ3n) is 2.84. The molecular formula is C14H14Cl2FNS. The molecule has 1 unspecified atom stereocenters. The zero-order valence-corrected chi connectivity index (χ0v) is 13.0. The highest BCUT2D eigenvalue weighted by Gasteiger charge is 2.20. The molecule has 1 atom stereocenters. The van der Waals surface area contributed by atoms with E-state index < -0.39 is 0 Å². The lowest BCUT2D eigenvalue weighted by atomic mass is 10.0. The van der Waals surface area contributed by atoms with E-state index in [1.807, 2.05) is 19.9 Å². The number of hydrogen-bond donors (Lipinski definition) is 1. The van der Waals surface area contributed by atoms with Crippen molar-refractivity contribution in [2.75, 3.05) is 6.54 Å². The van der Waals surface area contributed by atoms with Crippen LogP contribution in [0, 0.1) is 12.7 Å². The number of hydrogen-bond acceptors (Lipinski definition) is 2. The topological polar surface area (TPSA) is 12.0 Å². The lowest BCUT2D eigenvalue weighted by Crippen LogP contribution is -2.22. The third-order valence-corrected chi connectivity index (χ3v) is 4.70. The Hall–Kier alpha value is -0.610. The normalized spacial score (nSPS) is 12.7. The second-order valence-electron chi connectivity index (χ2n) is 4.26. The first kappa shape index (κ1) is 14.8. The molecule has 1 nitrogen and oxygen atoms in total. The van der Waals surface area contributed by atoms with Gasteiger partial charge in [0.05, 0.1) is 10.4 Å². The SMILES string of the molecule is CCNC(c1cc(C)c(Cl)s1)c1ccc(Cl)cc1F. The van der Waals surface area contributed by atoms with Crippen LogP contribution in [0.2, 0.25) is 9.36 Å². The molecule has 0 fully saturated rings. The summed E-state index contributed by atoms with van der Waals surface area (Å²) in [6.07, 6.45) is 0. The number of benzene rings is 1. The van der Waals surface area contributed by atoms with E-state index in [0.717, 1.165) is 21.3 Å². The molecule has 102 valence electrons. The first-order valence-corrected chi connectivity index (χ1v) is 7.54. The summed E-state index contributed by atoms with van der Waals surface area (Å²) < 4.78 is 14.8. The van der Waals surface area contributed by atoms with Crippen LogP contribution in [0.4, 0.5) is 4.39 Å². The van der Waals surface area contributed by atoms with E-state index in [0.29, 0.717) is 10.6 Å². The second-order valence-corrected chi connectivity index (χ2v) is 6.38. The van der Waals surface area contributed by atoms with Crippen molar-refractivity contribution in [2.24, 2.45) is 0 Å². The van der Waals surface area contributed by atoms with Crippen LogP contribution in [-0.4, -0.2) is 6.54 Å². The number of nitrogens with one attached hydrogen (secondary N) is 1. The summed E-state index contributed by atoms with van der Waals surface area (Å²) in [5.74, 6) is -0.305. The summed E-state index contributed by atoms with van der Waals surface area (Å²) >= 11 is 13.4. The molecule has 5 heteroatoms. The molecule has 19 heavy (non-hydrogen) atoms. The Morgan fingerprint density at radius 3 is 2.58 bits per heavy atom. The molecule has 0 saturated carbocycles. The van der Waals surface area contributed by atoms with Gasteiger partial charge < -0.3 is 5.32 Å². The molecular weight excluding hydrogens is 304 g/mol. The van der Waals surface area contributed by atoms with Crippen LogP contribution in [0.3, 0.4) is 0 Å². The van der Waals surface area contributed by atoms with Crippen LogP contribution < -0.4 is 5.32 Å². The Morgan fingerprint density at radius 1 is 1.32 bits per heavy atom. The molecule has 0 aliphatic carbocycles. The van der Waals surface area contributed by atoms with Crippen molar-refractivity contribution in [1.82, 2.24) is 5.32 Å². The molecule has 1 heterocycles. The summed E-state index contributed by atoms with van der Waals surface area (Å²) in [5, 5.41) is 3.68. The van der Waals surface area contributed by atoms with E-state index in [1.54, 1.807) is 12.1 Å². The minimum Gasteiger partial charge on any atom is -0.306 e. The van der Waals surface area contributed by atoms with Crippen molar-refractivity contribution in [1.29, 1.82) is 0 Å². The maximum absolute atomic E-state index is 14.1. The monoisotopic (exact) mass is 317 g/mol. The van der Waals surface area contributed by atoms with Gasteiger partial charge in [0.2, 0.25) is 0 Å². The molecule has 0 aliphatic heterocycles. The van der Waals surface area contributed by atoms with E-state index >= 15 is 0 Å². The van der Waals surface area contributed by atoms with E-state index in [9.17, 15) is 4.39 Å². The molecule has 1 aromatic carbocycles. The van der Waals surface area contributed by atoms with Gasteiger partial charge in [0.25, 0.3) is 0 Å². The van der Waals surface area contributed by atoms with Crippen LogP contribution in [0.1, 0.15) is 29.0 Å². The molecule has 0 radical (unpaired) electrons. The molecule has 1 N–H and O–H groups in total. The van der Waals surface area contributed by atoms with Crippen LogP contribution in [0.5, 0.6) is 0 Å². The minimum absolute atomic E-state index is 0.196. The lowest BCUT2D eigenvalue weighted by Gasteiger charge is -2.17. The molecule has 0 bridgehead atoms. The Kier molecular flexibility index (Phi) is 4.85. The Morgan fingerprint density at radius 2 is 2.05 bits per heavy atom. The van der Waals surface area contributed by atoms with Gasteiger partial charge in [-0.05, 0) is 37.2 Å². The predicted molar refractivity (Wildman–Crippen MR) is 81.0 cm³/mol. The molecule has 2 aromatic rings. The zero-order chi connectivity index (χ0) is 14.0. The average Bonchev–Trinajstić information content (AvgIpc) is 2.67. The highest BCUT2D eigenvalue weighted by atomic mass is 35.5. The standard InChI is InChI=1S/C14H14Cl2FNS/c1-3-18-13(12-6-8(2)14(16)19-12)10-5-4-9(15)7-11(10)17/h4-7,13,18H,3H2,1-2H3. The highest BCUT2D eigenvalue weighted by molar-refractivity contribution is 7.16. The van der Waals surface area contributed by atoms with Gasteiger partial charge >= 0.3 is 0 Å². The average molecular weight is 318 g/mol. The van der Waals surface area contributed by atoms with E-state index in [2.05, 4.69) is 5.32 Å². The van der Waals surface area contributed by atoms with E-state index in [4.69, 9.17) is 23.2 Å². The fourth-order valence-electron chi connectivity index (χ4n) is 1.93. The van der Waals surface area contributed by atoms with Gasteiger partial charge in [-0.15, -0.1) is 11.3 Å². The number of aryl methyl sites for hydroxylation is 1. The summed E-state index contributed by atoms with van der Waals surface area (Å²) in [6.45, 7) is 4.67. The molecule has 0 aliphatic rings. The largest absolute Gasteiger partial charge is 0.306 e. The minimum atomic E-state index is -0.305. The van der Waals surface area contributed by atoms with E-state index in [1.165, 1.54) is 17.4 Å². The van der Waals surface area contributed by atoms with Crippen LogP contribution in [0.15, 0.2) is 24.3 Å². The summed E-state index contributed by atoms with van der Waals surface area (Å²) in [7, 11) is 0. The third kappa shape index (κ3) is 3.29. The number of halogens is 3. The highest BCUT2D eigenvalue weighted by Crippen LogP contribution is 2.35. The second kappa shape index (κ2) is 6.23. The van der Waals surface area contributed by atoms with Crippen molar-refractivity contribution in [3.8, 4) is 0 Å². The van der Waals surface area contributed by atoms with Crippen molar-refractivity contribution >= 4 is 34.5 Å². The van der Waals surface area contributed by atoms with Gasteiger partial charge in [0, 0.05) is 15.5 Å². The van der Waals surface area contributed by atoms with Crippen LogP contribution in [0.25, 0.3) is 0 Å². The molecule has 0 spiro atoms.